The van der Waals surface area contributed by atoms with Gasteiger partial charge in [0.15, 0.2) is 0 Å². The molecule has 0 saturated carbocycles. The van der Waals surface area contributed by atoms with Crippen molar-refractivity contribution in [2.24, 2.45) is 4.99 Å². The maximum atomic E-state index is 10.0. The normalized spacial score (nSPS) is 27.3. The van der Waals surface area contributed by atoms with Crippen molar-refractivity contribution in [3.05, 3.63) is 24.3 Å². The summed E-state index contributed by atoms with van der Waals surface area (Å²) in [5.41, 5.74) is 0.826. The maximum Gasteiger partial charge on any atom is 0.0961 e. The minimum atomic E-state index is -0.466. The zero-order valence-corrected chi connectivity index (χ0v) is 9.40. The molecule has 1 rings (SSSR count). The largest absolute Gasteiger partial charge is 0.387 e. The molecule has 4 heteroatoms. The Kier molecular flexibility index (Phi) is 5.02. The van der Waals surface area contributed by atoms with Crippen LogP contribution < -0.4 is 5.32 Å². The highest BCUT2D eigenvalue weighted by Crippen LogP contribution is 2.21. The molecule has 2 N–H and O–H groups in total. The van der Waals surface area contributed by atoms with E-state index in [2.05, 4.69) is 16.9 Å². The third-order valence-corrected chi connectivity index (χ3v) is 3.35. The number of nitrogens with zero attached hydrogens (tertiary/aromatic N) is 1. The lowest BCUT2D eigenvalue weighted by molar-refractivity contribution is 0.182. The highest BCUT2D eigenvalue weighted by Gasteiger charge is 2.24. The number of hydrogen-bond donors (Lipinski definition) is 2. The van der Waals surface area contributed by atoms with Crippen molar-refractivity contribution in [1.82, 2.24) is 5.32 Å². The average Bonchev–Trinajstić information content (AvgIpc) is 2.69. The number of aliphatic imine (C=N–C) groups is 1. The first-order valence-corrected chi connectivity index (χ1v) is 6.08. The Bertz CT molecular complexity index is 245. The Morgan fingerprint density at radius 1 is 1.79 bits per heavy atom. The monoisotopic (exact) mass is 212 g/mol. The van der Waals surface area contributed by atoms with Crippen LogP contribution in [0.1, 0.15) is 0 Å². The highest BCUT2D eigenvalue weighted by atomic mass is 31.1. The van der Waals surface area contributed by atoms with E-state index in [0.717, 1.165) is 26.6 Å². The van der Waals surface area contributed by atoms with Crippen LogP contribution in [0, 0.1) is 0 Å². The third kappa shape index (κ3) is 3.02. The molecule has 0 aromatic heterocycles. The number of allylic oxidation sites excluding steroid dienone is 2. The number of hydrogen-bond acceptors (Lipinski definition) is 3. The van der Waals surface area contributed by atoms with E-state index < -0.39 is 6.10 Å². The summed E-state index contributed by atoms with van der Waals surface area (Å²) in [5.74, 6) is 0. The van der Waals surface area contributed by atoms with Crippen molar-refractivity contribution in [1.29, 1.82) is 0 Å². The molecule has 3 unspecified atom stereocenters. The van der Waals surface area contributed by atoms with Crippen LogP contribution in [0.5, 0.6) is 0 Å². The molecule has 1 aliphatic rings. The lowest BCUT2D eigenvalue weighted by Gasteiger charge is -2.18. The Balaban J connectivity index is 2.66. The molecule has 0 aliphatic carbocycles. The second kappa shape index (κ2) is 6.07. The average molecular weight is 212 g/mol. The summed E-state index contributed by atoms with van der Waals surface area (Å²) in [6.45, 7) is 3.62. The Hall–Kier alpha value is -0.500. The van der Waals surface area contributed by atoms with Crippen LogP contribution in [0.25, 0.3) is 0 Å². The Morgan fingerprint density at radius 2 is 2.57 bits per heavy atom. The summed E-state index contributed by atoms with van der Waals surface area (Å²) in [4.78, 5) is 3.92. The zero-order valence-electron chi connectivity index (χ0n) is 8.40. The van der Waals surface area contributed by atoms with Crippen LogP contribution in [0.3, 0.4) is 0 Å². The quantitative estimate of drug-likeness (QED) is 0.410. The minimum Gasteiger partial charge on any atom is -0.387 e. The number of nitrogens with one attached hydrogen (secondary N) is 1. The van der Waals surface area contributed by atoms with Gasteiger partial charge in [0.1, 0.15) is 0 Å². The second-order valence-electron chi connectivity index (χ2n) is 3.18. The van der Waals surface area contributed by atoms with E-state index >= 15 is 0 Å². The summed E-state index contributed by atoms with van der Waals surface area (Å²) >= 11 is 0. The maximum absolute atomic E-state index is 10.0. The van der Waals surface area contributed by atoms with Gasteiger partial charge in [0.25, 0.3) is 0 Å². The second-order valence-corrected chi connectivity index (χ2v) is 4.44. The first-order valence-electron chi connectivity index (χ1n) is 4.66. The molecule has 78 valence electrons. The first kappa shape index (κ1) is 11.6. The summed E-state index contributed by atoms with van der Waals surface area (Å²) in [5, 5.41) is 13.3. The summed E-state index contributed by atoms with van der Waals surface area (Å²) in [6.07, 6.45) is 6.78. The summed E-state index contributed by atoms with van der Waals surface area (Å²) in [6, 6.07) is 0.178. The van der Waals surface area contributed by atoms with E-state index in [1.165, 1.54) is 0 Å². The van der Waals surface area contributed by atoms with Gasteiger partial charge >= 0.3 is 0 Å². The zero-order chi connectivity index (χ0) is 10.4. The Morgan fingerprint density at radius 3 is 3.07 bits per heavy atom. The molecular formula is C10H17N2OP. The topological polar surface area (TPSA) is 44.6 Å². The Labute approximate surface area is 86.8 Å². The van der Waals surface area contributed by atoms with Crippen LogP contribution in [-0.2, 0) is 0 Å². The molecular weight excluding hydrogens is 195 g/mol. The van der Waals surface area contributed by atoms with Gasteiger partial charge in [-0.25, -0.2) is 0 Å². The molecule has 0 radical (unpaired) electrons. The van der Waals surface area contributed by atoms with Crippen molar-refractivity contribution in [3.8, 4) is 0 Å². The minimum absolute atomic E-state index is 0.178. The van der Waals surface area contributed by atoms with Crippen molar-refractivity contribution in [2.45, 2.75) is 12.1 Å². The van der Waals surface area contributed by atoms with Gasteiger partial charge in [-0.3, -0.25) is 4.99 Å². The molecule has 3 atom stereocenters. The van der Waals surface area contributed by atoms with Crippen LogP contribution in [0.2, 0.25) is 0 Å². The van der Waals surface area contributed by atoms with E-state index in [0.29, 0.717) is 0 Å². The van der Waals surface area contributed by atoms with Crippen LogP contribution >= 0.6 is 8.58 Å². The first-order chi connectivity index (χ1) is 6.79. The lowest BCUT2D eigenvalue weighted by atomic mass is 10.0. The summed E-state index contributed by atoms with van der Waals surface area (Å²) < 4.78 is 0. The van der Waals surface area contributed by atoms with Gasteiger partial charge in [-0.2, -0.15) is 0 Å². The molecule has 1 fully saturated rings. The van der Waals surface area contributed by atoms with Gasteiger partial charge < -0.3 is 10.4 Å². The molecule has 3 nitrogen and oxygen atoms in total. The molecule has 1 saturated heterocycles. The van der Waals surface area contributed by atoms with Gasteiger partial charge in [0.2, 0.25) is 0 Å². The smallest absolute Gasteiger partial charge is 0.0961 e. The fraction of sp³-hybridized carbons (Fsp3) is 0.500. The van der Waals surface area contributed by atoms with E-state index in [9.17, 15) is 5.11 Å². The van der Waals surface area contributed by atoms with E-state index in [1.54, 1.807) is 25.4 Å². The van der Waals surface area contributed by atoms with Crippen molar-refractivity contribution in [2.75, 3.05) is 19.5 Å². The molecule has 0 aromatic carbocycles. The molecule has 1 heterocycles. The fourth-order valence-electron chi connectivity index (χ4n) is 1.46. The van der Waals surface area contributed by atoms with E-state index in [-0.39, 0.29) is 6.04 Å². The van der Waals surface area contributed by atoms with Gasteiger partial charge in [-0.05, 0) is 11.7 Å². The van der Waals surface area contributed by atoms with Gasteiger partial charge in [0, 0.05) is 25.6 Å². The molecule has 1 aliphatic heterocycles. The SMILES string of the molecule is C=C/C=C(\C=NC)C(O)C1CPCN1. The molecule has 14 heavy (non-hydrogen) atoms. The lowest BCUT2D eigenvalue weighted by Crippen LogP contribution is -2.38. The molecule has 0 amide bonds. The van der Waals surface area contributed by atoms with Crippen molar-refractivity contribution >= 4 is 14.8 Å². The van der Waals surface area contributed by atoms with Crippen molar-refractivity contribution < 1.29 is 5.11 Å². The van der Waals surface area contributed by atoms with Gasteiger partial charge in [0.05, 0.1) is 6.10 Å². The fourth-order valence-corrected chi connectivity index (χ4v) is 2.69. The van der Waals surface area contributed by atoms with Crippen molar-refractivity contribution in [3.63, 3.8) is 0 Å². The third-order valence-electron chi connectivity index (χ3n) is 2.16. The number of aliphatic hydroxyl groups excluding tert-OH is 1. The van der Waals surface area contributed by atoms with Crippen LogP contribution in [0.4, 0.5) is 0 Å². The van der Waals surface area contributed by atoms with Crippen LogP contribution in [-0.4, -0.2) is 43.0 Å². The number of rotatable bonds is 4. The standard InChI is InChI=1S/C10H17N2OP/c1-3-4-8(5-11-2)10(13)9-6-14-7-12-9/h3-5,9-10,12-14H,1,6-7H2,2H3/b8-4+,11-5?. The van der Waals surface area contributed by atoms with Crippen LogP contribution in [0.15, 0.2) is 29.3 Å². The predicted molar refractivity (Wildman–Crippen MR) is 63.7 cm³/mol. The molecule has 0 bridgehead atoms. The number of aliphatic hydroxyl groups is 1. The van der Waals surface area contributed by atoms with Gasteiger partial charge in [-0.15, -0.1) is 8.58 Å². The highest BCUT2D eigenvalue weighted by molar-refractivity contribution is 7.38. The predicted octanol–water partition coefficient (Wildman–Crippen LogP) is 0.768. The van der Waals surface area contributed by atoms with E-state index in [1.807, 2.05) is 0 Å². The summed E-state index contributed by atoms with van der Waals surface area (Å²) in [7, 11) is 2.61. The van der Waals surface area contributed by atoms with Gasteiger partial charge in [-0.1, -0.05) is 18.7 Å². The van der Waals surface area contributed by atoms with E-state index in [4.69, 9.17) is 0 Å². The molecule has 0 aromatic rings. The molecule has 0 spiro atoms.